The molecule has 2 rings (SSSR count). The van der Waals surface area contributed by atoms with E-state index in [9.17, 15) is 14.4 Å². The van der Waals surface area contributed by atoms with Crippen LogP contribution in [0, 0.1) is 5.92 Å². The van der Waals surface area contributed by atoms with E-state index in [1.54, 1.807) is 0 Å². The highest BCUT2D eigenvalue weighted by atomic mass is 32.2. The fraction of sp³-hybridized carbons (Fsp3) is 0.850. The summed E-state index contributed by atoms with van der Waals surface area (Å²) in [6, 6.07) is 0.453. The standard InChI is InChI=1S/C20H36N4O3S2/c1-13(2)11-15(28)19(26)22-10-6-5-9-21-17(25)8-4-3-7-16-18-14(12-29-16)23-20(27)24-18/h13-16,18,28H,3-12H2,1-2H3,(H,21,25)(H,22,26)(H2,23,24,27)/t14-,15-,16-,18-/m0/s1. The summed E-state index contributed by atoms with van der Waals surface area (Å²) < 4.78 is 0. The lowest BCUT2D eigenvalue weighted by molar-refractivity contribution is -0.122. The van der Waals surface area contributed by atoms with E-state index < -0.39 is 0 Å². The van der Waals surface area contributed by atoms with Crippen LogP contribution in [0.5, 0.6) is 0 Å². The number of hydrogen-bond donors (Lipinski definition) is 5. The molecule has 4 amide bonds. The third kappa shape index (κ3) is 8.66. The fourth-order valence-electron chi connectivity index (χ4n) is 3.72. The minimum Gasteiger partial charge on any atom is -0.356 e. The maximum Gasteiger partial charge on any atom is 0.315 e. The van der Waals surface area contributed by atoms with Gasteiger partial charge in [-0.15, -0.1) is 0 Å². The molecule has 9 heteroatoms. The number of fused-ring (bicyclic) bond motifs is 1. The molecule has 4 N–H and O–H groups in total. The maximum absolute atomic E-state index is 11.9. The fourth-order valence-corrected chi connectivity index (χ4v) is 5.78. The third-order valence-corrected chi connectivity index (χ3v) is 7.26. The van der Waals surface area contributed by atoms with E-state index in [1.807, 2.05) is 11.8 Å². The van der Waals surface area contributed by atoms with Gasteiger partial charge < -0.3 is 21.3 Å². The van der Waals surface area contributed by atoms with Gasteiger partial charge in [-0.1, -0.05) is 20.3 Å². The first kappa shape index (κ1) is 24.2. The summed E-state index contributed by atoms with van der Waals surface area (Å²) in [7, 11) is 0. The smallest absolute Gasteiger partial charge is 0.315 e. The molecule has 2 fully saturated rings. The highest BCUT2D eigenvalue weighted by Gasteiger charge is 2.42. The highest BCUT2D eigenvalue weighted by Crippen LogP contribution is 2.33. The average Bonchev–Trinajstić information content (AvgIpc) is 3.20. The van der Waals surface area contributed by atoms with E-state index in [-0.39, 0.29) is 35.2 Å². The van der Waals surface area contributed by atoms with Crippen LogP contribution < -0.4 is 21.3 Å². The summed E-state index contributed by atoms with van der Waals surface area (Å²) in [6.45, 7) is 5.42. The van der Waals surface area contributed by atoms with Crippen molar-refractivity contribution in [3.63, 3.8) is 0 Å². The molecule has 0 spiro atoms. The van der Waals surface area contributed by atoms with Gasteiger partial charge in [0.05, 0.1) is 17.3 Å². The van der Waals surface area contributed by atoms with Crippen molar-refractivity contribution < 1.29 is 14.4 Å². The number of urea groups is 1. The summed E-state index contributed by atoms with van der Waals surface area (Å²) in [5.74, 6) is 1.51. The molecule has 4 atom stereocenters. The van der Waals surface area contributed by atoms with Crippen LogP contribution in [0.4, 0.5) is 4.79 Å². The summed E-state index contributed by atoms with van der Waals surface area (Å²) in [4.78, 5) is 35.2. The number of rotatable bonds is 13. The zero-order chi connectivity index (χ0) is 21.2. The predicted molar refractivity (Wildman–Crippen MR) is 121 cm³/mol. The molecule has 0 aromatic heterocycles. The normalized spacial score (nSPS) is 24.0. The number of nitrogens with one attached hydrogen (secondary N) is 4. The van der Waals surface area contributed by atoms with Gasteiger partial charge in [0.1, 0.15) is 0 Å². The minimum absolute atomic E-state index is 0.00855. The Morgan fingerprint density at radius 3 is 2.59 bits per heavy atom. The van der Waals surface area contributed by atoms with Gasteiger partial charge in [-0.3, -0.25) is 9.59 Å². The second kappa shape index (κ2) is 12.6. The monoisotopic (exact) mass is 444 g/mol. The highest BCUT2D eigenvalue weighted by molar-refractivity contribution is 8.00. The number of carbonyl (C=O) groups is 3. The Bertz CT molecular complexity index is 562. The Balaban J connectivity index is 1.42. The number of carbonyl (C=O) groups excluding carboxylic acids is 3. The lowest BCUT2D eigenvalue weighted by atomic mass is 10.0. The zero-order valence-corrected chi connectivity index (χ0v) is 19.2. The zero-order valence-electron chi connectivity index (χ0n) is 17.5. The van der Waals surface area contributed by atoms with Crippen LogP contribution in [0.25, 0.3) is 0 Å². The number of hydrogen-bond acceptors (Lipinski definition) is 5. The Morgan fingerprint density at radius 1 is 1.14 bits per heavy atom. The van der Waals surface area contributed by atoms with Gasteiger partial charge >= 0.3 is 6.03 Å². The third-order valence-electron chi connectivity index (χ3n) is 5.30. The Morgan fingerprint density at radius 2 is 1.86 bits per heavy atom. The molecular weight excluding hydrogens is 408 g/mol. The first-order valence-corrected chi connectivity index (χ1v) is 12.3. The lowest BCUT2D eigenvalue weighted by Crippen LogP contribution is -2.36. The second-order valence-electron chi connectivity index (χ2n) is 8.36. The van der Waals surface area contributed by atoms with Gasteiger partial charge in [0.2, 0.25) is 11.8 Å². The molecule has 0 aromatic rings. The van der Waals surface area contributed by atoms with Crippen molar-refractivity contribution >= 4 is 42.2 Å². The van der Waals surface area contributed by atoms with Crippen molar-refractivity contribution in [2.75, 3.05) is 18.8 Å². The van der Waals surface area contributed by atoms with E-state index in [0.29, 0.717) is 30.7 Å². The van der Waals surface area contributed by atoms with E-state index in [4.69, 9.17) is 0 Å². The largest absolute Gasteiger partial charge is 0.356 e. The Hall–Kier alpha value is -1.09. The van der Waals surface area contributed by atoms with Crippen LogP contribution in [0.15, 0.2) is 0 Å². The summed E-state index contributed by atoms with van der Waals surface area (Å²) in [6.07, 6.45) is 5.91. The molecule has 0 aromatic carbocycles. The maximum atomic E-state index is 11.9. The van der Waals surface area contributed by atoms with Crippen LogP contribution in [-0.2, 0) is 9.59 Å². The molecule has 2 heterocycles. The quantitative estimate of drug-likeness (QED) is 0.171. The van der Waals surface area contributed by atoms with Crippen molar-refractivity contribution in [3.8, 4) is 0 Å². The molecule has 0 aliphatic carbocycles. The molecule has 0 saturated carbocycles. The van der Waals surface area contributed by atoms with E-state index in [0.717, 1.165) is 44.3 Å². The van der Waals surface area contributed by atoms with Crippen molar-refractivity contribution in [1.82, 2.24) is 21.3 Å². The van der Waals surface area contributed by atoms with Crippen molar-refractivity contribution in [2.45, 2.75) is 81.4 Å². The average molecular weight is 445 g/mol. The molecule has 0 radical (unpaired) electrons. The molecule has 7 nitrogen and oxygen atoms in total. The van der Waals surface area contributed by atoms with Gasteiger partial charge in [0.25, 0.3) is 0 Å². The predicted octanol–water partition coefficient (Wildman–Crippen LogP) is 2.07. The second-order valence-corrected chi connectivity index (χ2v) is 10.3. The topological polar surface area (TPSA) is 99.3 Å². The molecular formula is C20H36N4O3S2. The van der Waals surface area contributed by atoms with Gasteiger partial charge in [-0.25, -0.2) is 4.79 Å². The van der Waals surface area contributed by atoms with Crippen LogP contribution in [-0.4, -0.2) is 59.3 Å². The molecule has 2 saturated heterocycles. The number of amides is 4. The Kier molecular flexibility index (Phi) is 10.5. The molecule has 0 unspecified atom stereocenters. The van der Waals surface area contributed by atoms with Crippen LogP contribution in [0.2, 0.25) is 0 Å². The van der Waals surface area contributed by atoms with Gasteiger partial charge in [-0.05, 0) is 38.0 Å². The number of unbranched alkanes of at least 4 members (excludes halogenated alkanes) is 2. The summed E-state index contributed by atoms with van der Waals surface area (Å²) in [5.41, 5.74) is 0. The van der Waals surface area contributed by atoms with E-state index in [2.05, 4.69) is 47.7 Å². The number of thiol groups is 1. The van der Waals surface area contributed by atoms with Crippen molar-refractivity contribution in [2.24, 2.45) is 5.92 Å². The molecule has 166 valence electrons. The summed E-state index contributed by atoms with van der Waals surface area (Å²) in [5, 5.41) is 12.0. The van der Waals surface area contributed by atoms with Crippen molar-refractivity contribution in [3.05, 3.63) is 0 Å². The van der Waals surface area contributed by atoms with Gasteiger partial charge in [-0.2, -0.15) is 24.4 Å². The van der Waals surface area contributed by atoms with Crippen LogP contribution in [0.3, 0.4) is 0 Å². The SMILES string of the molecule is CC(C)C[C@H](S)C(=O)NCCCCNC(=O)CCCC[C@@H]1SC[C@@H]2NC(=O)N[C@@H]21. The van der Waals surface area contributed by atoms with Gasteiger partial charge in [0.15, 0.2) is 0 Å². The first-order valence-electron chi connectivity index (χ1n) is 10.8. The minimum atomic E-state index is -0.246. The molecule has 0 bridgehead atoms. The first-order chi connectivity index (χ1) is 13.9. The lowest BCUT2D eigenvalue weighted by Gasteiger charge is -2.16. The van der Waals surface area contributed by atoms with Crippen LogP contribution >= 0.6 is 24.4 Å². The molecule has 2 aliphatic rings. The van der Waals surface area contributed by atoms with E-state index in [1.165, 1.54) is 0 Å². The van der Waals surface area contributed by atoms with E-state index >= 15 is 0 Å². The molecule has 29 heavy (non-hydrogen) atoms. The number of thioether (sulfide) groups is 1. The van der Waals surface area contributed by atoms with Gasteiger partial charge in [0, 0.05) is 30.5 Å². The molecule has 2 aliphatic heterocycles. The Labute approximate surface area is 184 Å². The van der Waals surface area contributed by atoms with Crippen molar-refractivity contribution in [1.29, 1.82) is 0 Å². The summed E-state index contributed by atoms with van der Waals surface area (Å²) >= 11 is 6.24. The van der Waals surface area contributed by atoms with Crippen LogP contribution in [0.1, 0.15) is 58.8 Å².